The zero-order valence-corrected chi connectivity index (χ0v) is 11.4. The third kappa shape index (κ3) is 3.57. The van der Waals surface area contributed by atoms with Gasteiger partial charge in [0.05, 0.1) is 0 Å². The molecular weight excluding hydrogens is 222 g/mol. The quantitative estimate of drug-likeness (QED) is 0.808. The molecule has 0 spiro atoms. The minimum atomic E-state index is 0.683. The fourth-order valence-electron chi connectivity index (χ4n) is 2.22. The maximum Gasteiger partial charge on any atom is 0.0445 e. The zero-order valence-electron chi connectivity index (χ0n) is 11.4. The largest absolute Gasteiger partial charge is 0.367 e. The molecule has 0 aliphatic carbocycles. The molecule has 1 N–H and O–H groups in total. The normalized spacial score (nSPS) is 15.4. The molecule has 3 nitrogen and oxygen atoms in total. The summed E-state index contributed by atoms with van der Waals surface area (Å²) in [5.74, 6) is 0.683. The fraction of sp³-hybridized carbons (Fsp3) is 0.533. The van der Waals surface area contributed by atoms with Gasteiger partial charge in [0.2, 0.25) is 0 Å². The molecule has 1 aromatic heterocycles. The van der Waals surface area contributed by atoms with Crippen LogP contribution >= 0.6 is 0 Å². The van der Waals surface area contributed by atoms with Crippen LogP contribution in [-0.4, -0.2) is 24.6 Å². The lowest BCUT2D eigenvalue weighted by molar-refractivity contribution is 0.551. The van der Waals surface area contributed by atoms with Crippen LogP contribution in [0.5, 0.6) is 0 Å². The van der Waals surface area contributed by atoms with Crippen LogP contribution in [0.3, 0.4) is 0 Å². The Morgan fingerprint density at radius 3 is 3.00 bits per heavy atom. The van der Waals surface area contributed by atoms with Crippen molar-refractivity contribution in [1.29, 1.82) is 0 Å². The highest BCUT2D eigenvalue weighted by molar-refractivity contribution is 5.53. The molecule has 0 atom stereocenters. The van der Waals surface area contributed by atoms with Crippen molar-refractivity contribution < 1.29 is 0 Å². The highest BCUT2D eigenvalue weighted by atomic mass is 15.1. The SMILES string of the molecule is CC(C)CNCc1cnccc1N1CC=CCC1. The first-order valence-electron chi connectivity index (χ1n) is 6.81. The standard InChI is InChI=1S/C15H23N3/c1-13(2)10-17-12-14-11-16-7-6-15(14)18-8-4-3-5-9-18/h3-4,6-7,11,13,17H,5,8-10,12H2,1-2H3. The van der Waals surface area contributed by atoms with Crippen LogP contribution in [0.2, 0.25) is 0 Å². The Bertz CT molecular complexity index is 398. The van der Waals surface area contributed by atoms with Gasteiger partial charge < -0.3 is 10.2 Å². The summed E-state index contributed by atoms with van der Waals surface area (Å²) < 4.78 is 0. The monoisotopic (exact) mass is 245 g/mol. The van der Waals surface area contributed by atoms with E-state index in [0.29, 0.717) is 5.92 Å². The van der Waals surface area contributed by atoms with Gasteiger partial charge in [0.1, 0.15) is 0 Å². The Hall–Kier alpha value is -1.35. The van der Waals surface area contributed by atoms with E-state index in [1.165, 1.54) is 11.3 Å². The van der Waals surface area contributed by atoms with E-state index in [2.05, 4.69) is 47.3 Å². The van der Waals surface area contributed by atoms with E-state index in [4.69, 9.17) is 0 Å². The van der Waals surface area contributed by atoms with Gasteiger partial charge in [-0.2, -0.15) is 0 Å². The van der Waals surface area contributed by atoms with E-state index in [-0.39, 0.29) is 0 Å². The number of rotatable bonds is 5. The minimum absolute atomic E-state index is 0.683. The maximum absolute atomic E-state index is 4.25. The summed E-state index contributed by atoms with van der Waals surface area (Å²) in [5.41, 5.74) is 2.62. The Morgan fingerprint density at radius 2 is 2.28 bits per heavy atom. The molecule has 98 valence electrons. The number of anilines is 1. The van der Waals surface area contributed by atoms with Crippen LogP contribution < -0.4 is 10.2 Å². The molecule has 0 aromatic carbocycles. The first kappa shape index (κ1) is 13.1. The van der Waals surface area contributed by atoms with Gasteiger partial charge >= 0.3 is 0 Å². The lowest BCUT2D eigenvalue weighted by atomic mass is 10.1. The van der Waals surface area contributed by atoms with Crippen molar-refractivity contribution in [1.82, 2.24) is 10.3 Å². The molecule has 1 aliphatic heterocycles. The summed E-state index contributed by atoms with van der Waals surface area (Å²) in [5, 5.41) is 3.50. The van der Waals surface area contributed by atoms with Gasteiger partial charge in [-0.1, -0.05) is 26.0 Å². The summed E-state index contributed by atoms with van der Waals surface area (Å²) in [6, 6.07) is 2.13. The van der Waals surface area contributed by atoms with Crippen LogP contribution in [0.4, 0.5) is 5.69 Å². The third-order valence-electron chi connectivity index (χ3n) is 3.14. The number of nitrogens with one attached hydrogen (secondary N) is 1. The smallest absolute Gasteiger partial charge is 0.0445 e. The molecule has 0 saturated heterocycles. The Labute approximate surface area is 110 Å². The summed E-state index contributed by atoms with van der Waals surface area (Å²) in [7, 11) is 0. The number of nitrogens with zero attached hydrogens (tertiary/aromatic N) is 2. The van der Waals surface area contributed by atoms with Gasteiger partial charge in [-0.15, -0.1) is 0 Å². The van der Waals surface area contributed by atoms with Crippen LogP contribution in [0.1, 0.15) is 25.8 Å². The lowest BCUT2D eigenvalue weighted by Gasteiger charge is -2.27. The molecule has 0 radical (unpaired) electrons. The first-order chi connectivity index (χ1) is 8.77. The van der Waals surface area contributed by atoms with Crippen molar-refractivity contribution in [3.8, 4) is 0 Å². The van der Waals surface area contributed by atoms with Crippen molar-refractivity contribution in [2.24, 2.45) is 5.92 Å². The lowest BCUT2D eigenvalue weighted by Crippen LogP contribution is -2.29. The van der Waals surface area contributed by atoms with E-state index < -0.39 is 0 Å². The molecule has 3 heteroatoms. The first-order valence-corrected chi connectivity index (χ1v) is 6.81. The number of pyridine rings is 1. The van der Waals surface area contributed by atoms with Gasteiger partial charge in [-0.3, -0.25) is 4.98 Å². The van der Waals surface area contributed by atoms with Crippen LogP contribution in [0.15, 0.2) is 30.6 Å². The van der Waals surface area contributed by atoms with Gasteiger partial charge in [0.25, 0.3) is 0 Å². The summed E-state index contributed by atoms with van der Waals surface area (Å²) in [4.78, 5) is 6.68. The van der Waals surface area contributed by atoms with Crippen LogP contribution in [0.25, 0.3) is 0 Å². The third-order valence-corrected chi connectivity index (χ3v) is 3.14. The summed E-state index contributed by atoms with van der Waals surface area (Å²) in [6.45, 7) is 8.54. The van der Waals surface area contributed by atoms with Gasteiger partial charge in [0, 0.05) is 43.3 Å². The second-order valence-corrected chi connectivity index (χ2v) is 5.24. The predicted molar refractivity (Wildman–Crippen MR) is 76.8 cm³/mol. The van der Waals surface area contributed by atoms with Crippen molar-refractivity contribution in [2.45, 2.75) is 26.8 Å². The second-order valence-electron chi connectivity index (χ2n) is 5.24. The van der Waals surface area contributed by atoms with Crippen molar-refractivity contribution in [2.75, 3.05) is 24.5 Å². The molecule has 0 amide bonds. The van der Waals surface area contributed by atoms with Crippen molar-refractivity contribution in [3.05, 3.63) is 36.2 Å². The van der Waals surface area contributed by atoms with Crippen molar-refractivity contribution >= 4 is 5.69 Å². The van der Waals surface area contributed by atoms with Crippen LogP contribution in [0, 0.1) is 5.92 Å². The van der Waals surface area contributed by atoms with Gasteiger partial charge in [0.15, 0.2) is 0 Å². The maximum atomic E-state index is 4.25. The number of hydrogen-bond donors (Lipinski definition) is 1. The van der Waals surface area contributed by atoms with Crippen molar-refractivity contribution in [3.63, 3.8) is 0 Å². The highest BCUT2D eigenvalue weighted by Gasteiger charge is 2.11. The Balaban J connectivity index is 2.02. The topological polar surface area (TPSA) is 28.2 Å². The molecular formula is C15H23N3. The van der Waals surface area contributed by atoms with Gasteiger partial charge in [-0.25, -0.2) is 0 Å². The summed E-state index contributed by atoms with van der Waals surface area (Å²) >= 11 is 0. The molecule has 0 saturated carbocycles. The number of aromatic nitrogens is 1. The Morgan fingerprint density at radius 1 is 1.39 bits per heavy atom. The second kappa shape index (κ2) is 6.55. The predicted octanol–water partition coefficient (Wildman–Crippen LogP) is 2.59. The molecule has 0 bridgehead atoms. The van der Waals surface area contributed by atoms with E-state index in [0.717, 1.165) is 32.6 Å². The Kier molecular flexibility index (Phi) is 4.76. The molecule has 2 rings (SSSR count). The zero-order chi connectivity index (χ0) is 12.8. The number of hydrogen-bond acceptors (Lipinski definition) is 3. The fourth-order valence-corrected chi connectivity index (χ4v) is 2.22. The van der Waals surface area contributed by atoms with Crippen LogP contribution in [-0.2, 0) is 6.54 Å². The molecule has 18 heavy (non-hydrogen) atoms. The summed E-state index contributed by atoms with van der Waals surface area (Å²) in [6.07, 6.45) is 9.52. The molecule has 0 unspecified atom stereocenters. The highest BCUT2D eigenvalue weighted by Crippen LogP contribution is 2.21. The molecule has 2 heterocycles. The molecule has 1 aliphatic rings. The van der Waals surface area contributed by atoms with E-state index >= 15 is 0 Å². The van der Waals surface area contributed by atoms with E-state index in [1.807, 2.05) is 12.4 Å². The molecule has 0 fully saturated rings. The minimum Gasteiger partial charge on any atom is -0.367 e. The average Bonchev–Trinajstić information content (AvgIpc) is 2.40. The van der Waals surface area contributed by atoms with E-state index in [9.17, 15) is 0 Å². The van der Waals surface area contributed by atoms with E-state index in [1.54, 1.807) is 0 Å². The average molecular weight is 245 g/mol. The van der Waals surface area contributed by atoms with Gasteiger partial charge in [-0.05, 0) is 24.9 Å². The molecule has 1 aromatic rings.